The fourth-order valence-corrected chi connectivity index (χ4v) is 4.44. The molecule has 0 saturated heterocycles. The molecule has 2 aromatic carbocycles. The quantitative estimate of drug-likeness (QED) is 0.402. The number of alkyl halides is 9. The molecule has 0 radical (unpaired) electrons. The molecule has 204 valence electrons. The summed E-state index contributed by atoms with van der Waals surface area (Å²) in [6, 6.07) is 2.11. The topological polar surface area (TPSA) is 49.8 Å². The van der Waals surface area contributed by atoms with Gasteiger partial charge >= 0.3 is 24.6 Å². The van der Waals surface area contributed by atoms with Crippen LogP contribution in [0.2, 0.25) is 0 Å². The van der Waals surface area contributed by atoms with Gasteiger partial charge in [-0.1, -0.05) is 6.92 Å². The summed E-state index contributed by atoms with van der Waals surface area (Å²) in [5, 5.41) is 11.1. The number of rotatable bonds is 4. The van der Waals surface area contributed by atoms with Crippen molar-refractivity contribution in [3.05, 3.63) is 64.2 Å². The van der Waals surface area contributed by atoms with E-state index in [9.17, 15) is 49.4 Å². The van der Waals surface area contributed by atoms with E-state index in [1.165, 1.54) is 6.92 Å². The van der Waals surface area contributed by atoms with Gasteiger partial charge in [-0.05, 0) is 67.3 Å². The first kappa shape index (κ1) is 28.6. The minimum absolute atomic E-state index is 0.0573. The molecule has 0 bridgehead atoms. The summed E-state index contributed by atoms with van der Waals surface area (Å²) in [4.78, 5) is 13.7. The smallest absolute Gasteiger partial charge is 0.416 e. The number of hydrogen-bond acceptors (Lipinski definition) is 3. The Kier molecular flexibility index (Phi) is 7.79. The predicted molar refractivity (Wildman–Crippen MR) is 114 cm³/mol. The van der Waals surface area contributed by atoms with Crippen LogP contribution in [-0.2, 0) is 23.3 Å². The molecule has 4 nitrogen and oxygen atoms in total. The average molecular weight is 543 g/mol. The SMILES string of the molecule is CCOC(=O)N1c2ccc(C(F)(F)F)cc2[C@@H]([C@@H](O)c2cc(C(F)(F)F)cc(C(F)(F)F)c2)C[C@H]1CC. The van der Waals surface area contributed by atoms with Crippen LogP contribution in [0.25, 0.3) is 0 Å². The largest absolute Gasteiger partial charge is 0.449 e. The van der Waals surface area contributed by atoms with E-state index in [1.54, 1.807) is 6.92 Å². The van der Waals surface area contributed by atoms with Gasteiger partial charge in [0.2, 0.25) is 0 Å². The molecule has 0 spiro atoms. The highest BCUT2D eigenvalue weighted by molar-refractivity contribution is 5.90. The Morgan fingerprint density at radius 3 is 1.92 bits per heavy atom. The molecule has 0 aromatic heterocycles. The third kappa shape index (κ3) is 5.97. The van der Waals surface area contributed by atoms with Crippen molar-refractivity contribution in [1.29, 1.82) is 0 Å². The molecule has 1 aliphatic rings. The highest BCUT2D eigenvalue weighted by Gasteiger charge is 2.43. The molecule has 1 amide bonds. The molecule has 0 saturated carbocycles. The standard InChI is InChI=1S/C24H22F9NO3/c1-3-16-11-18(20(35)12-7-14(23(28,29)30)9-15(8-12)24(31,32)33)17-10-13(22(25,26)27)5-6-19(17)34(16)21(36)37-4-2/h5-10,16,18,20,35H,3-4,11H2,1-2H3/t16-,18+,20+/m1/s1. The first-order valence-electron chi connectivity index (χ1n) is 11.1. The third-order valence-electron chi connectivity index (χ3n) is 6.17. The maximum Gasteiger partial charge on any atom is 0.416 e. The van der Waals surface area contributed by atoms with Gasteiger partial charge in [0.25, 0.3) is 0 Å². The lowest BCUT2D eigenvalue weighted by Gasteiger charge is -2.41. The van der Waals surface area contributed by atoms with E-state index in [2.05, 4.69) is 0 Å². The Morgan fingerprint density at radius 2 is 1.46 bits per heavy atom. The molecule has 13 heteroatoms. The molecular weight excluding hydrogens is 521 g/mol. The fraction of sp³-hybridized carbons (Fsp3) is 0.458. The first-order chi connectivity index (χ1) is 17.0. The number of aliphatic hydroxyl groups excluding tert-OH is 1. The number of carbonyl (C=O) groups is 1. The Morgan fingerprint density at radius 1 is 0.919 bits per heavy atom. The van der Waals surface area contributed by atoms with Gasteiger partial charge < -0.3 is 9.84 Å². The molecule has 2 aromatic rings. The lowest BCUT2D eigenvalue weighted by Crippen LogP contribution is -2.45. The number of fused-ring (bicyclic) bond motifs is 1. The molecule has 3 rings (SSSR count). The van der Waals surface area contributed by atoms with E-state index in [0.717, 1.165) is 11.0 Å². The van der Waals surface area contributed by atoms with Crippen LogP contribution in [0.5, 0.6) is 0 Å². The minimum Gasteiger partial charge on any atom is -0.449 e. The number of benzene rings is 2. The lowest BCUT2D eigenvalue weighted by molar-refractivity contribution is -0.143. The highest BCUT2D eigenvalue weighted by atomic mass is 19.4. The second-order valence-electron chi connectivity index (χ2n) is 8.53. The molecular formula is C24H22F9NO3. The molecule has 0 unspecified atom stereocenters. The normalized spacial score (nSPS) is 19.4. The Bertz CT molecular complexity index is 1110. The molecule has 1 heterocycles. The number of carbonyl (C=O) groups excluding carboxylic acids is 1. The molecule has 0 aliphatic carbocycles. The zero-order chi connectivity index (χ0) is 27.9. The second kappa shape index (κ2) is 10.1. The molecule has 37 heavy (non-hydrogen) atoms. The highest BCUT2D eigenvalue weighted by Crippen LogP contribution is 2.48. The zero-order valence-corrected chi connectivity index (χ0v) is 19.4. The van der Waals surface area contributed by atoms with Crippen LogP contribution >= 0.6 is 0 Å². The van der Waals surface area contributed by atoms with Crippen LogP contribution in [0, 0.1) is 0 Å². The van der Waals surface area contributed by atoms with Crippen LogP contribution in [-0.4, -0.2) is 23.8 Å². The van der Waals surface area contributed by atoms with Gasteiger partial charge in [-0.15, -0.1) is 0 Å². The summed E-state index contributed by atoms with van der Waals surface area (Å²) in [5.41, 5.74) is -5.62. The van der Waals surface area contributed by atoms with Crippen molar-refractivity contribution in [2.24, 2.45) is 0 Å². The minimum atomic E-state index is -5.18. The molecule has 3 atom stereocenters. The zero-order valence-electron chi connectivity index (χ0n) is 19.4. The second-order valence-corrected chi connectivity index (χ2v) is 8.53. The Labute approximate surface area is 205 Å². The van der Waals surface area contributed by atoms with E-state index >= 15 is 0 Å². The van der Waals surface area contributed by atoms with Crippen LogP contribution in [0.3, 0.4) is 0 Å². The number of anilines is 1. The van der Waals surface area contributed by atoms with E-state index < -0.39 is 64.9 Å². The van der Waals surface area contributed by atoms with Crippen LogP contribution in [0.15, 0.2) is 36.4 Å². The summed E-state index contributed by atoms with van der Waals surface area (Å²) in [7, 11) is 0. The number of halogens is 9. The van der Waals surface area contributed by atoms with E-state index in [1.807, 2.05) is 0 Å². The van der Waals surface area contributed by atoms with E-state index in [0.29, 0.717) is 24.3 Å². The Hall–Kier alpha value is -2.96. The van der Waals surface area contributed by atoms with Gasteiger partial charge in [0.15, 0.2) is 0 Å². The summed E-state index contributed by atoms with van der Waals surface area (Å²) < 4.78 is 126. The Balaban J connectivity index is 2.22. The molecule has 0 fully saturated rings. The van der Waals surface area contributed by atoms with Crippen molar-refractivity contribution in [3.63, 3.8) is 0 Å². The lowest BCUT2D eigenvalue weighted by atomic mass is 9.78. The molecule has 1 aliphatic heterocycles. The van der Waals surface area contributed by atoms with Crippen LogP contribution in [0.1, 0.15) is 66.5 Å². The van der Waals surface area contributed by atoms with Gasteiger partial charge in [-0.25, -0.2) is 4.79 Å². The monoisotopic (exact) mass is 543 g/mol. The van der Waals surface area contributed by atoms with E-state index in [-0.39, 0.29) is 36.8 Å². The summed E-state index contributed by atoms with van der Waals surface area (Å²) >= 11 is 0. The van der Waals surface area contributed by atoms with Crippen molar-refractivity contribution >= 4 is 11.8 Å². The van der Waals surface area contributed by atoms with Gasteiger partial charge in [-0.3, -0.25) is 4.90 Å². The van der Waals surface area contributed by atoms with Crippen LogP contribution < -0.4 is 4.90 Å². The number of aliphatic hydroxyl groups is 1. The van der Waals surface area contributed by atoms with Gasteiger partial charge in [0.05, 0.1) is 35.1 Å². The number of hydrogen-bond donors (Lipinski definition) is 1. The summed E-state index contributed by atoms with van der Waals surface area (Å²) in [6.45, 7) is 3.08. The molecule has 1 N–H and O–H groups in total. The maximum absolute atomic E-state index is 13.5. The van der Waals surface area contributed by atoms with Crippen molar-refractivity contribution in [2.75, 3.05) is 11.5 Å². The number of nitrogens with zero attached hydrogens (tertiary/aromatic N) is 1. The van der Waals surface area contributed by atoms with Crippen molar-refractivity contribution in [2.45, 2.75) is 63.3 Å². The number of amides is 1. The first-order valence-corrected chi connectivity index (χ1v) is 11.1. The van der Waals surface area contributed by atoms with Gasteiger partial charge in [0, 0.05) is 12.0 Å². The van der Waals surface area contributed by atoms with Crippen molar-refractivity contribution in [3.8, 4) is 0 Å². The van der Waals surface area contributed by atoms with Crippen molar-refractivity contribution < 1.29 is 54.2 Å². The average Bonchev–Trinajstić information content (AvgIpc) is 2.80. The van der Waals surface area contributed by atoms with Crippen molar-refractivity contribution in [1.82, 2.24) is 0 Å². The van der Waals surface area contributed by atoms with E-state index in [4.69, 9.17) is 4.74 Å². The number of ether oxygens (including phenoxy) is 1. The fourth-order valence-electron chi connectivity index (χ4n) is 4.44. The predicted octanol–water partition coefficient (Wildman–Crippen LogP) is 7.71. The maximum atomic E-state index is 13.5. The summed E-state index contributed by atoms with van der Waals surface area (Å²) in [6.07, 6.45) is -18.2. The van der Waals surface area contributed by atoms with Gasteiger partial charge in [0.1, 0.15) is 0 Å². The van der Waals surface area contributed by atoms with Gasteiger partial charge in [-0.2, -0.15) is 39.5 Å². The van der Waals surface area contributed by atoms with Crippen LogP contribution in [0.4, 0.5) is 50.0 Å². The third-order valence-corrected chi connectivity index (χ3v) is 6.17. The summed E-state index contributed by atoms with van der Waals surface area (Å²) in [5.74, 6) is -1.36.